The zero-order valence-electron chi connectivity index (χ0n) is 8.43. The first-order valence-corrected chi connectivity index (χ1v) is 7.44. The Morgan fingerprint density at radius 3 is 2.31 bits per heavy atom. The third-order valence-electron chi connectivity index (χ3n) is 1.80. The molecule has 0 aliphatic carbocycles. The molecule has 0 aromatic rings. The van der Waals surface area contributed by atoms with Crippen LogP contribution >= 0.6 is 15.9 Å². The van der Waals surface area contributed by atoms with E-state index in [0.717, 1.165) is 11.8 Å². The number of halogens is 1. The Morgan fingerprint density at radius 2 is 1.92 bits per heavy atom. The summed E-state index contributed by atoms with van der Waals surface area (Å²) >= 11 is 3.36. The smallest absolute Gasteiger partial charge is 0.148 e. The average molecular weight is 272 g/mol. The minimum absolute atomic E-state index is 0.00812. The minimum Gasteiger partial charge on any atom is -0.311 e. The summed E-state index contributed by atoms with van der Waals surface area (Å²) in [5, 5.41) is 4.13. The fourth-order valence-corrected chi connectivity index (χ4v) is 2.36. The fraction of sp³-hybridized carbons (Fsp3) is 1.00. The van der Waals surface area contributed by atoms with Crippen molar-refractivity contribution in [3.8, 4) is 0 Å². The largest absolute Gasteiger partial charge is 0.311 e. The highest BCUT2D eigenvalue weighted by Crippen LogP contribution is 2.09. The van der Waals surface area contributed by atoms with Crippen LogP contribution in [-0.2, 0) is 9.84 Å². The summed E-state index contributed by atoms with van der Waals surface area (Å²) in [4.78, 5) is 0. The van der Waals surface area contributed by atoms with Crippen LogP contribution in [0.1, 0.15) is 20.3 Å². The molecule has 0 amide bonds. The van der Waals surface area contributed by atoms with E-state index >= 15 is 0 Å². The van der Waals surface area contributed by atoms with Crippen LogP contribution in [0.15, 0.2) is 0 Å². The van der Waals surface area contributed by atoms with Crippen molar-refractivity contribution in [2.24, 2.45) is 0 Å². The van der Waals surface area contributed by atoms with Gasteiger partial charge in [0.15, 0.2) is 0 Å². The van der Waals surface area contributed by atoms with Gasteiger partial charge in [-0.1, -0.05) is 15.9 Å². The van der Waals surface area contributed by atoms with Crippen LogP contribution < -0.4 is 5.32 Å². The van der Waals surface area contributed by atoms with Crippen LogP contribution in [0.2, 0.25) is 0 Å². The van der Waals surface area contributed by atoms with Gasteiger partial charge in [-0.15, -0.1) is 0 Å². The Hall–Kier alpha value is 0.390. The van der Waals surface area contributed by atoms with Crippen LogP contribution in [0, 0.1) is 0 Å². The molecule has 0 unspecified atom stereocenters. The van der Waals surface area contributed by atoms with E-state index in [-0.39, 0.29) is 11.3 Å². The highest BCUT2D eigenvalue weighted by molar-refractivity contribution is 9.09. The normalized spacial score (nSPS) is 13.2. The van der Waals surface area contributed by atoms with Gasteiger partial charge in [0.2, 0.25) is 0 Å². The van der Waals surface area contributed by atoms with Crippen LogP contribution in [0.3, 0.4) is 0 Å². The van der Waals surface area contributed by atoms with Crippen LogP contribution in [0.4, 0.5) is 0 Å². The van der Waals surface area contributed by atoms with Gasteiger partial charge in [0, 0.05) is 23.7 Å². The van der Waals surface area contributed by atoms with E-state index in [4.69, 9.17) is 0 Å². The van der Waals surface area contributed by atoms with Gasteiger partial charge >= 0.3 is 0 Å². The number of nitrogens with one attached hydrogen (secondary N) is 1. The summed E-state index contributed by atoms with van der Waals surface area (Å²) in [6, 6.07) is 0. The van der Waals surface area contributed by atoms with E-state index in [1.54, 1.807) is 0 Å². The third kappa shape index (κ3) is 8.71. The average Bonchev–Trinajstić information content (AvgIpc) is 1.82. The van der Waals surface area contributed by atoms with Crippen molar-refractivity contribution in [2.75, 3.05) is 23.9 Å². The van der Waals surface area contributed by atoms with Gasteiger partial charge in [-0.25, -0.2) is 8.42 Å². The molecular weight excluding hydrogens is 254 g/mol. The summed E-state index contributed by atoms with van der Waals surface area (Å²) < 4.78 is 21.7. The molecule has 0 radical (unpaired) electrons. The van der Waals surface area contributed by atoms with Gasteiger partial charge in [-0.3, -0.25) is 0 Å². The molecule has 0 saturated heterocycles. The Bertz CT molecular complexity index is 237. The predicted octanol–water partition coefficient (Wildman–Crippen LogP) is 1.18. The molecule has 0 fully saturated rings. The Kier molecular flexibility index (Phi) is 5.47. The number of hydrogen-bond donors (Lipinski definition) is 1. The lowest BCUT2D eigenvalue weighted by molar-refractivity contribution is 0.391. The number of sulfone groups is 1. The maximum atomic E-state index is 10.8. The molecule has 5 heteroatoms. The number of alkyl halides is 1. The molecule has 0 aliphatic rings. The van der Waals surface area contributed by atoms with Gasteiger partial charge in [0.1, 0.15) is 9.84 Å². The molecule has 0 aromatic heterocycles. The van der Waals surface area contributed by atoms with Crippen LogP contribution in [0.5, 0.6) is 0 Å². The Labute approximate surface area is 89.3 Å². The molecular formula is C8H18BrNO2S. The van der Waals surface area contributed by atoms with Crippen molar-refractivity contribution in [2.45, 2.75) is 25.8 Å². The summed E-state index contributed by atoms with van der Waals surface area (Å²) in [5.74, 6) is 0.207. The first-order valence-electron chi connectivity index (χ1n) is 4.25. The first-order chi connectivity index (χ1) is 5.77. The molecule has 0 aromatic carbocycles. The van der Waals surface area contributed by atoms with E-state index in [1.807, 2.05) is 0 Å². The zero-order chi connectivity index (χ0) is 10.5. The first kappa shape index (κ1) is 13.4. The van der Waals surface area contributed by atoms with Crippen molar-refractivity contribution in [3.63, 3.8) is 0 Å². The quantitative estimate of drug-likeness (QED) is 0.739. The van der Waals surface area contributed by atoms with Crippen molar-refractivity contribution < 1.29 is 8.42 Å². The van der Waals surface area contributed by atoms with Crippen LogP contribution in [-0.4, -0.2) is 37.8 Å². The lowest BCUT2D eigenvalue weighted by Crippen LogP contribution is -2.41. The standard InChI is InChI=1S/C8H18BrNO2S/c1-8(2,4-5-9)10-6-7-13(3,11)12/h10H,4-7H2,1-3H3. The van der Waals surface area contributed by atoms with Crippen molar-refractivity contribution in [1.29, 1.82) is 0 Å². The van der Waals surface area contributed by atoms with Crippen molar-refractivity contribution in [1.82, 2.24) is 5.32 Å². The fourth-order valence-electron chi connectivity index (χ4n) is 0.899. The maximum Gasteiger partial charge on any atom is 0.148 e. The number of rotatable bonds is 6. The molecule has 3 nitrogen and oxygen atoms in total. The zero-order valence-corrected chi connectivity index (χ0v) is 10.8. The monoisotopic (exact) mass is 271 g/mol. The minimum atomic E-state index is -2.84. The second kappa shape index (κ2) is 5.32. The van der Waals surface area contributed by atoms with E-state index in [9.17, 15) is 8.42 Å². The summed E-state index contributed by atoms with van der Waals surface area (Å²) in [6.07, 6.45) is 2.24. The van der Waals surface area contributed by atoms with Crippen molar-refractivity contribution >= 4 is 25.8 Å². The highest BCUT2D eigenvalue weighted by Gasteiger charge is 2.15. The topological polar surface area (TPSA) is 46.2 Å². The molecule has 0 aliphatic heterocycles. The predicted molar refractivity (Wildman–Crippen MR) is 60.2 cm³/mol. The molecule has 0 bridgehead atoms. The van der Waals surface area contributed by atoms with E-state index in [0.29, 0.717) is 6.54 Å². The lowest BCUT2D eigenvalue weighted by Gasteiger charge is -2.25. The Balaban J connectivity index is 3.76. The van der Waals surface area contributed by atoms with E-state index < -0.39 is 9.84 Å². The molecule has 1 N–H and O–H groups in total. The van der Waals surface area contributed by atoms with Gasteiger partial charge in [0.05, 0.1) is 5.75 Å². The summed E-state index contributed by atoms with van der Waals surface area (Å²) in [5.41, 5.74) is 0.00812. The molecule has 0 rings (SSSR count). The van der Waals surface area contributed by atoms with Gasteiger partial charge in [-0.2, -0.15) is 0 Å². The third-order valence-corrected chi connectivity index (χ3v) is 3.14. The SMILES string of the molecule is CC(C)(CCBr)NCCS(C)(=O)=O. The summed E-state index contributed by atoms with van der Waals surface area (Å²) in [7, 11) is -2.84. The second-order valence-electron chi connectivity index (χ2n) is 3.88. The summed E-state index contributed by atoms with van der Waals surface area (Å²) in [6.45, 7) is 4.66. The maximum absolute atomic E-state index is 10.8. The molecule has 0 saturated carbocycles. The van der Waals surface area contributed by atoms with Crippen LogP contribution in [0.25, 0.3) is 0 Å². The van der Waals surface area contributed by atoms with Gasteiger partial charge in [0.25, 0.3) is 0 Å². The molecule has 0 atom stereocenters. The molecule has 0 heterocycles. The van der Waals surface area contributed by atoms with Gasteiger partial charge < -0.3 is 5.32 Å². The van der Waals surface area contributed by atoms with Crippen molar-refractivity contribution in [3.05, 3.63) is 0 Å². The van der Waals surface area contributed by atoms with E-state index in [2.05, 4.69) is 35.1 Å². The second-order valence-corrected chi connectivity index (χ2v) is 6.93. The van der Waals surface area contributed by atoms with E-state index in [1.165, 1.54) is 6.26 Å². The molecule has 13 heavy (non-hydrogen) atoms. The van der Waals surface area contributed by atoms with Gasteiger partial charge in [-0.05, 0) is 20.3 Å². The number of hydrogen-bond acceptors (Lipinski definition) is 3. The Morgan fingerprint density at radius 1 is 1.38 bits per heavy atom. The molecule has 80 valence electrons. The highest BCUT2D eigenvalue weighted by atomic mass is 79.9. The lowest BCUT2D eigenvalue weighted by atomic mass is 10.0. The molecule has 0 spiro atoms.